The number of alkyl halides is 2. The van der Waals surface area contributed by atoms with Crippen LogP contribution in [0.25, 0.3) is 0 Å². The molecule has 7 heteroatoms. The molecule has 134 valence electrons. The summed E-state index contributed by atoms with van der Waals surface area (Å²) >= 11 is 5.19. The van der Waals surface area contributed by atoms with Crippen molar-refractivity contribution in [2.75, 3.05) is 0 Å². The molecule has 0 saturated heterocycles. The van der Waals surface area contributed by atoms with Crippen LogP contribution < -0.4 is 15.4 Å². The van der Waals surface area contributed by atoms with Crippen LogP contribution in [0.5, 0.6) is 5.75 Å². The number of ether oxygens (including phenoxy) is 1. The standard InChI is InChI=1S/C19H16F2N2O2S/c1-11-15(17(24)12-7-3-2-4-8-12)16(23-19(26)22-11)13-9-5-6-10-14(13)25-18(20)21/h2-10,16,18H,1H3,(H2,22,23,26)/t16-/m1/s1. The predicted molar refractivity (Wildman–Crippen MR) is 98.2 cm³/mol. The molecule has 1 aliphatic rings. The van der Waals surface area contributed by atoms with E-state index in [0.717, 1.165) is 0 Å². The maximum Gasteiger partial charge on any atom is 0.387 e. The third kappa shape index (κ3) is 3.72. The van der Waals surface area contributed by atoms with Gasteiger partial charge in [0.05, 0.1) is 6.04 Å². The summed E-state index contributed by atoms with van der Waals surface area (Å²) in [6.07, 6.45) is 0. The van der Waals surface area contributed by atoms with Crippen LogP contribution in [0.4, 0.5) is 8.78 Å². The van der Waals surface area contributed by atoms with Crippen LogP contribution in [-0.4, -0.2) is 17.5 Å². The molecule has 0 spiro atoms. The second kappa shape index (κ2) is 7.61. The minimum Gasteiger partial charge on any atom is -0.434 e. The summed E-state index contributed by atoms with van der Waals surface area (Å²) in [4.78, 5) is 13.1. The van der Waals surface area contributed by atoms with E-state index in [2.05, 4.69) is 15.4 Å². The summed E-state index contributed by atoms with van der Waals surface area (Å²) in [5.74, 6) is -0.224. The molecule has 4 nitrogen and oxygen atoms in total. The largest absolute Gasteiger partial charge is 0.434 e. The normalized spacial score (nSPS) is 16.9. The van der Waals surface area contributed by atoms with Gasteiger partial charge in [0, 0.05) is 22.4 Å². The number of carbonyl (C=O) groups is 1. The van der Waals surface area contributed by atoms with Gasteiger partial charge in [-0.2, -0.15) is 8.78 Å². The Morgan fingerprint density at radius 1 is 1.12 bits per heavy atom. The molecule has 2 aromatic carbocycles. The van der Waals surface area contributed by atoms with Gasteiger partial charge < -0.3 is 15.4 Å². The number of rotatable bonds is 5. The van der Waals surface area contributed by atoms with E-state index in [0.29, 0.717) is 27.5 Å². The molecule has 2 aromatic rings. The van der Waals surface area contributed by atoms with E-state index in [-0.39, 0.29) is 11.5 Å². The summed E-state index contributed by atoms with van der Waals surface area (Å²) in [6, 6.07) is 14.4. The second-order valence-corrected chi connectivity index (χ2v) is 6.09. The lowest BCUT2D eigenvalue weighted by molar-refractivity contribution is -0.0505. The summed E-state index contributed by atoms with van der Waals surface area (Å²) in [5.41, 5.74) is 1.88. The Morgan fingerprint density at radius 2 is 1.77 bits per heavy atom. The van der Waals surface area contributed by atoms with Crippen LogP contribution in [-0.2, 0) is 0 Å². The average Bonchev–Trinajstić information content (AvgIpc) is 2.61. The molecule has 0 fully saturated rings. The van der Waals surface area contributed by atoms with Crippen molar-refractivity contribution >= 4 is 23.1 Å². The van der Waals surface area contributed by atoms with E-state index in [1.165, 1.54) is 6.07 Å². The summed E-state index contributed by atoms with van der Waals surface area (Å²) in [7, 11) is 0. The number of benzene rings is 2. The molecule has 26 heavy (non-hydrogen) atoms. The molecule has 0 bridgehead atoms. The van der Waals surface area contributed by atoms with Crippen molar-refractivity contribution in [3.05, 3.63) is 77.0 Å². The zero-order valence-electron chi connectivity index (χ0n) is 13.8. The zero-order chi connectivity index (χ0) is 18.7. The highest BCUT2D eigenvalue weighted by Crippen LogP contribution is 2.35. The molecule has 3 rings (SSSR count). The molecule has 0 saturated carbocycles. The molecule has 0 radical (unpaired) electrons. The minimum atomic E-state index is -2.97. The van der Waals surface area contributed by atoms with Gasteiger partial charge in [0.15, 0.2) is 10.9 Å². The molecular weight excluding hydrogens is 358 g/mol. The fraction of sp³-hybridized carbons (Fsp3) is 0.158. The number of hydrogen-bond acceptors (Lipinski definition) is 3. The number of hydrogen-bond donors (Lipinski definition) is 2. The van der Waals surface area contributed by atoms with Crippen molar-refractivity contribution in [3.63, 3.8) is 0 Å². The Kier molecular flexibility index (Phi) is 5.27. The Morgan fingerprint density at radius 3 is 2.46 bits per heavy atom. The lowest BCUT2D eigenvalue weighted by atomic mass is 9.89. The molecule has 1 heterocycles. The van der Waals surface area contributed by atoms with Crippen molar-refractivity contribution in [2.45, 2.75) is 19.6 Å². The van der Waals surface area contributed by atoms with E-state index in [1.807, 2.05) is 6.07 Å². The number of carbonyl (C=O) groups excluding carboxylic acids is 1. The maximum absolute atomic E-state index is 13.1. The van der Waals surface area contributed by atoms with E-state index in [9.17, 15) is 13.6 Å². The monoisotopic (exact) mass is 374 g/mol. The SMILES string of the molecule is CC1=C(C(=O)c2ccccc2)[C@@H](c2ccccc2OC(F)F)NC(=S)N1. The van der Waals surface area contributed by atoms with Crippen LogP contribution in [0.15, 0.2) is 65.9 Å². The van der Waals surface area contributed by atoms with Gasteiger partial charge in [0.25, 0.3) is 0 Å². The van der Waals surface area contributed by atoms with Gasteiger partial charge in [-0.05, 0) is 25.2 Å². The van der Waals surface area contributed by atoms with Gasteiger partial charge in [-0.1, -0.05) is 48.5 Å². The Hall–Kier alpha value is -2.80. The van der Waals surface area contributed by atoms with Gasteiger partial charge in [0.2, 0.25) is 0 Å². The number of allylic oxidation sites excluding steroid dienone is 1. The Balaban J connectivity index is 2.09. The summed E-state index contributed by atoms with van der Waals surface area (Å²) < 4.78 is 30.2. The number of Topliss-reactive ketones (excluding diaryl/α,β-unsaturated/α-hetero) is 1. The van der Waals surface area contributed by atoms with Crippen molar-refractivity contribution < 1.29 is 18.3 Å². The fourth-order valence-corrected chi connectivity index (χ4v) is 3.17. The molecule has 0 aliphatic carbocycles. The van der Waals surface area contributed by atoms with Gasteiger partial charge in [-0.25, -0.2) is 0 Å². The first-order valence-electron chi connectivity index (χ1n) is 7.89. The van der Waals surface area contributed by atoms with Crippen LogP contribution >= 0.6 is 12.2 Å². The highest BCUT2D eigenvalue weighted by Gasteiger charge is 2.32. The Bertz CT molecular complexity index is 869. The van der Waals surface area contributed by atoms with E-state index >= 15 is 0 Å². The average molecular weight is 374 g/mol. The molecule has 0 aromatic heterocycles. The van der Waals surface area contributed by atoms with E-state index < -0.39 is 12.7 Å². The van der Waals surface area contributed by atoms with Crippen LogP contribution in [0.3, 0.4) is 0 Å². The zero-order valence-corrected chi connectivity index (χ0v) is 14.6. The number of halogens is 2. The summed E-state index contributed by atoms with van der Waals surface area (Å²) in [6.45, 7) is -1.24. The number of nitrogens with one attached hydrogen (secondary N) is 2. The van der Waals surface area contributed by atoms with Gasteiger partial charge >= 0.3 is 6.61 Å². The smallest absolute Gasteiger partial charge is 0.387 e. The molecule has 2 N–H and O–H groups in total. The number of para-hydroxylation sites is 1. The molecule has 0 unspecified atom stereocenters. The second-order valence-electron chi connectivity index (χ2n) is 5.68. The number of thiocarbonyl (C=S) groups is 1. The number of ketones is 1. The van der Waals surface area contributed by atoms with E-state index in [1.54, 1.807) is 49.4 Å². The fourth-order valence-electron chi connectivity index (χ4n) is 2.90. The molecular formula is C19H16F2N2O2S. The van der Waals surface area contributed by atoms with Gasteiger partial charge in [-0.3, -0.25) is 4.79 Å². The van der Waals surface area contributed by atoms with Crippen molar-refractivity contribution in [2.24, 2.45) is 0 Å². The topological polar surface area (TPSA) is 50.4 Å². The highest BCUT2D eigenvalue weighted by atomic mass is 32.1. The summed E-state index contributed by atoms with van der Waals surface area (Å²) in [5, 5.41) is 6.23. The van der Waals surface area contributed by atoms with Crippen molar-refractivity contribution in [1.29, 1.82) is 0 Å². The maximum atomic E-state index is 13.1. The third-order valence-electron chi connectivity index (χ3n) is 4.00. The first-order chi connectivity index (χ1) is 12.5. The first-order valence-corrected chi connectivity index (χ1v) is 8.30. The van der Waals surface area contributed by atoms with Gasteiger partial charge in [-0.15, -0.1) is 0 Å². The molecule has 1 aliphatic heterocycles. The molecule has 0 amide bonds. The lowest BCUT2D eigenvalue weighted by Gasteiger charge is -2.31. The molecule has 1 atom stereocenters. The third-order valence-corrected chi connectivity index (χ3v) is 4.22. The predicted octanol–water partition coefficient (Wildman–Crippen LogP) is 3.96. The highest BCUT2D eigenvalue weighted by molar-refractivity contribution is 7.80. The quantitative estimate of drug-likeness (QED) is 0.613. The van der Waals surface area contributed by atoms with Crippen LogP contribution in [0.1, 0.15) is 28.9 Å². The lowest BCUT2D eigenvalue weighted by Crippen LogP contribution is -2.45. The van der Waals surface area contributed by atoms with Crippen LogP contribution in [0.2, 0.25) is 0 Å². The van der Waals surface area contributed by atoms with Crippen LogP contribution in [0, 0.1) is 0 Å². The van der Waals surface area contributed by atoms with E-state index in [4.69, 9.17) is 12.2 Å². The van der Waals surface area contributed by atoms with Gasteiger partial charge in [0.1, 0.15) is 5.75 Å². The minimum absolute atomic E-state index is 0.00383. The Labute approximate surface area is 154 Å². The van der Waals surface area contributed by atoms with Crippen molar-refractivity contribution in [3.8, 4) is 5.75 Å². The van der Waals surface area contributed by atoms with Crippen molar-refractivity contribution in [1.82, 2.24) is 10.6 Å². The first kappa shape index (κ1) is 18.0.